The third kappa shape index (κ3) is 4.08. The van der Waals surface area contributed by atoms with Crippen molar-refractivity contribution in [2.45, 2.75) is 4.90 Å². The number of primary amides is 1. The molecule has 4 nitrogen and oxygen atoms in total. The van der Waals surface area contributed by atoms with Crippen LogP contribution in [0.1, 0.15) is 0 Å². The number of carbonyl (C=O) groups is 2. The Labute approximate surface area is 100 Å². The number of benzene rings is 1. The molecule has 0 aliphatic heterocycles. The molecule has 3 amide bonds. The molecule has 0 aliphatic carbocycles. The maximum Gasteiger partial charge on any atom is 0.318 e. The number of thioether (sulfide) groups is 1. The molecule has 1 rings (SSSR count). The highest BCUT2D eigenvalue weighted by atomic mass is 35.5. The summed E-state index contributed by atoms with van der Waals surface area (Å²) >= 11 is 6.67. The van der Waals surface area contributed by atoms with Crippen molar-refractivity contribution in [3.63, 3.8) is 0 Å². The minimum Gasteiger partial charge on any atom is -0.351 e. The minimum atomic E-state index is -0.900. The summed E-state index contributed by atoms with van der Waals surface area (Å²) in [6.07, 6.45) is 0. The number of nitrogens with two attached hydrogens (primary N) is 1. The van der Waals surface area contributed by atoms with Gasteiger partial charge < -0.3 is 5.73 Å². The van der Waals surface area contributed by atoms with Crippen molar-refractivity contribution in [2.24, 2.45) is 5.73 Å². The van der Waals surface area contributed by atoms with E-state index < -0.39 is 17.8 Å². The Morgan fingerprint density at radius 1 is 1.50 bits per heavy atom. The minimum absolute atomic E-state index is 0.00486. The van der Waals surface area contributed by atoms with E-state index in [1.165, 1.54) is 18.2 Å². The van der Waals surface area contributed by atoms with Gasteiger partial charge in [-0.3, -0.25) is 10.1 Å². The smallest absolute Gasteiger partial charge is 0.318 e. The fraction of sp³-hybridized carbons (Fsp3) is 0.111. The van der Waals surface area contributed by atoms with E-state index in [-0.39, 0.29) is 10.8 Å². The third-order valence-corrected chi connectivity index (χ3v) is 2.81. The standard InChI is InChI=1S/C9H8ClFN2O2S/c10-6-3-5(1-2-7(6)11)16-4-8(14)13-9(12)15/h1-3H,4H2,(H3,12,13,14,15). The molecule has 0 bridgehead atoms. The summed E-state index contributed by atoms with van der Waals surface area (Å²) in [6.45, 7) is 0. The normalized spacial score (nSPS) is 9.88. The summed E-state index contributed by atoms with van der Waals surface area (Å²) < 4.78 is 12.8. The molecule has 16 heavy (non-hydrogen) atoms. The lowest BCUT2D eigenvalue weighted by Crippen LogP contribution is -2.36. The SMILES string of the molecule is NC(=O)NC(=O)CSc1ccc(F)c(Cl)c1. The zero-order chi connectivity index (χ0) is 12.1. The molecule has 0 radical (unpaired) electrons. The average molecular weight is 263 g/mol. The molecule has 86 valence electrons. The highest BCUT2D eigenvalue weighted by molar-refractivity contribution is 8.00. The quantitative estimate of drug-likeness (QED) is 0.816. The molecule has 0 heterocycles. The van der Waals surface area contributed by atoms with Crippen LogP contribution < -0.4 is 11.1 Å². The number of urea groups is 1. The van der Waals surface area contributed by atoms with Crippen molar-refractivity contribution < 1.29 is 14.0 Å². The molecule has 1 aromatic rings. The van der Waals surface area contributed by atoms with Crippen LogP contribution in [0.2, 0.25) is 5.02 Å². The summed E-state index contributed by atoms with van der Waals surface area (Å²) in [5.74, 6) is -1.03. The molecule has 0 saturated heterocycles. The van der Waals surface area contributed by atoms with Crippen LogP contribution in [0.15, 0.2) is 23.1 Å². The van der Waals surface area contributed by atoms with Gasteiger partial charge in [0.1, 0.15) is 5.82 Å². The predicted octanol–water partition coefficient (Wildman–Crippen LogP) is 1.77. The van der Waals surface area contributed by atoms with Gasteiger partial charge >= 0.3 is 6.03 Å². The van der Waals surface area contributed by atoms with Gasteiger partial charge in [0.15, 0.2) is 0 Å². The second-order valence-corrected chi connectivity index (χ2v) is 4.23. The van der Waals surface area contributed by atoms with Gasteiger partial charge in [0.25, 0.3) is 0 Å². The summed E-state index contributed by atoms with van der Waals surface area (Å²) in [6, 6.07) is 3.20. The number of amides is 3. The van der Waals surface area contributed by atoms with Crippen molar-refractivity contribution in [1.82, 2.24) is 5.32 Å². The average Bonchev–Trinajstić information content (AvgIpc) is 2.19. The number of imide groups is 1. The van der Waals surface area contributed by atoms with Crippen LogP contribution in [0.5, 0.6) is 0 Å². The monoisotopic (exact) mass is 262 g/mol. The van der Waals surface area contributed by atoms with Crippen LogP contribution in [0, 0.1) is 5.82 Å². The first kappa shape index (κ1) is 12.8. The predicted molar refractivity (Wildman–Crippen MR) is 59.9 cm³/mol. The van der Waals surface area contributed by atoms with Gasteiger partial charge in [0.2, 0.25) is 5.91 Å². The molecule has 0 spiro atoms. The maximum atomic E-state index is 12.8. The first-order chi connectivity index (χ1) is 7.49. The van der Waals surface area contributed by atoms with Crippen LogP contribution in [0.4, 0.5) is 9.18 Å². The molecule has 3 N–H and O–H groups in total. The van der Waals surface area contributed by atoms with Gasteiger partial charge in [0, 0.05) is 4.90 Å². The van der Waals surface area contributed by atoms with Crippen LogP contribution >= 0.6 is 23.4 Å². The van der Waals surface area contributed by atoms with Gasteiger partial charge in [0.05, 0.1) is 10.8 Å². The molecule has 0 unspecified atom stereocenters. The van der Waals surface area contributed by atoms with Crippen LogP contribution in [-0.2, 0) is 4.79 Å². The van der Waals surface area contributed by atoms with Crippen molar-refractivity contribution in [1.29, 1.82) is 0 Å². The topological polar surface area (TPSA) is 72.2 Å². The van der Waals surface area contributed by atoms with Crippen molar-refractivity contribution in [2.75, 3.05) is 5.75 Å². The van der Waals surface area contributed by atoms with E-state index in [9.17, 15) is 14.0 Å². The van der Waals surface area contributed by atoms with Gasteiger partial charge in [-0.1, -0.05) is 11.6 Å². The zero-order valence-corrected chi connectivity index (χ0v) is 9.57. The summed E-state index contributed by atoms with van der Waals surface area (Å²) in [4.78, 5) is 22.0. The van der Waals surface area contributed by atoms with E-state index >= 15 is 0 Å². The number of hydrogen-bond donors (Lipinski definition) is 2. The molecule has 1 aromatic carbocycles. The molecule has 0 saturated carbocycles. The Hall–Kier alpha value is -1.27. The van der Waals surface area contributed by atoms with Gasteiger partial charge in [-0.25, -0.2) is 9.18 Å². The maximum absolute atomic E-state index is 12.8. The largest absolute Gasteiger partial charge is 0.351 e. The third-order valence-electron chi connectivity index (χ3n) is 1.52. The Balaban J connectivity index is 2.51. The summed E-state index contributed by atoms with van der Waals surface area (Å²) in [5.41, 5.74) is 4.76. The molecule has 0 aliphatic rings. The lowest BCUT2D eigenvalue weighted by molar-refractivity contribution is -0.117. The summed E-state index contributed by atoms with van der Waals surface area (Å²) in [7, 11) is 0. The van der Waals surface area contributed by atoms with Crippen LogP contribution in [0.25, 0.3) is 0 Å². The Bertz CT molecular complexity index is 428. The Morgan fingerprint density at radius 2 is 2.19 bits per heavy atom. The molecular formula is C9H8ClFN2O2S. The fourth-order valence-electron chi connectivity index (χ4n) is 0.889. The lowest BCUT2D eigenvalue weighted by atomic mass is 10.3. The summed E-state index contributed by atoms with van der Waals surface area (Å²) in [5, 5.41) is 1.90. The molecular weight excluding hydrogens is 255 g/mol. The number of halogens is 2. The highest BCUT2D eigenvalue weighted by Gasteiger charge is 2.06. The lowest BCUT2D eigenvalue weighted by Gasteiger charge is -2.02. The number of rotatable bonds is 3. The second-order valence-electron chi connectivity index (χ2n) is 2.78. The zero-order valence-electron chi connectivity index (χ0n) is 8.00. The molecule has 0 aromatic heterocycles. The van der Waals surface area contributed by atoms with E-state index in [4.69, 9.17) is 17.3 Å². The first-order valence-corrected chi connectivity index (χ1v) is 5.52. The molecule has 0 atom stereocenters. The van der Waals surface area contributed by atoms with Gasteiger partial charge in [-0.2, -0.15) is 0 Å². The number of hydrogen-bond acceptors (Lipinski definition) is 3. The second kappa shape index (κ2) is 5.72. The van der Waals surface area contributed by atoms with E-state index in [1.807, 2.05) is 5.32 Å². The van der Waals surface area contributed by atoms with E-state index in [0.717, 1.165) is 11.8 Å². The van der Waals surface area contributed by atoms with Crippen molar-refractivity contribution in [3.05, 3.63) is 29.0 Å². The van der Waals surface area contributed by atoms with Gasteiger partial charge in [-0.15, -0.1) is 11.8 Å². The van der Waals surface area contributed by atoms with Gasteiger partial charge in [-0.05, 0) is 18.2 Å². The molecule has 0 fully saturated rings. The van der Waals surface area contributed by atoms with Crippen molar-refractivity contribution >= 4 is 35.3 Å². The highest BCUT2D eigenvalue weighted by Crippen LogP contribution is 2.23. The van der Waals surface area contributed by atoms with E-state index in [2.05, 4.69) is 0 Å². The number of nitrogens with one attached hydrogen (secondary N) is 1. The molecule has 7 heteroatoms. The van der Waals surface area contributed by atoms with Crippen molar-refractivity contribution in [3.8, 4) is 0 Å². The van der Waals surface area contributed by atoms with E-state index in [1.54, 1.807) is 0 Å². The van der Waals surface area contributed by atoms with Crippen LogP contribution in [0.3, 0.4) is 0 Å². The Morgan fingerprint density at radius 3 is 2.75 bits per heavy atom. The van der Waals surface area contributed by atoms with E-state index in [0.29, 0.717) is 4.90 Å². The Kier molecular flexibility index (Phi) is 4.57. The van der Waals surface area contributed by atoms with Crippen LogP contribution in [-0.4, -0.2) is 17.7 Å². The number of carbonyl (C=O) groups excluding carboxylic acids is 2. The fourth-order valence-corrected chi connectivity index (χ4v) is 1.87. The first-order valence-electron chi connectivity index (χ1n) is 4.16.